The number of carbonyl (C=O) groups is 1. The molecule has 0 saturated heterocycles. The fourth-order valence-electron chi connectivity index (χ4n) is 3.30. The first-order valence-corrected chi connectivity index (χ1v) is 8.14. The Morgan fingerprint density at radius 3 is 2.52 bits per heavy atom. The first-order chi connectivity index (χ1) is 12.1. The highest BCUT2D eigenvalue weighted by molar-refractivity contribution is 5.96. The van der Waals surface area contributed by atoms with E-state index in [0.29, 0.717) is 19.5 Å². The summed E-state index contributed by atoms with van der Waals surface area (Å²) in [4.78, 5) is 17.2. The average molecular weight is 338 g/mol. The summed E-state index contributed by atoms with van der Waals surface area (Å²) < 4.78 is 27.6. The second kappa shape index (κ2) is 6.16. The fourth-order valence-corrected chi connectivity index (χ4v) is 3.30. The molecule has 0 bridgehead atoms. The maximum atomic E-state index is 13.8. The van der Waals surface area contributed by atoms with Crippen LogP contribution in [0.2, 0.25) is 0 Å². The summed E-state index contributed by atoms with van der Waals surface area (Å²) in [5.41, 5.74) is 2.83. The molecule has 0 radical (unpaired) electrons. The SMILES string of the molecule is O=C(c1c(F)cccc1F)N1CC=C(c2c[nH]c3ccccc23)CC1. The van der Waals surface area contributed by atoms with E-state index < -0.39 is 23.1 Å². The van der Waals surface area contributed by atoms with E-state index in [-0.39, 0.29) is 0 Å². The number of rotatable bonds is 2. The van der Waals surface area contributed by atoms with Crippen LogP contribution in [0.5, 0.6) is 0 Å². The van der Waals surface area contributed by atoms with Gasteiger partial charge in [-0.25, -0.2) is 8.78 Å². The zero-order valence-corrected chi connectivity index (χ0v) is 13.4. The summed E-state index contributed by atoms with van der Waals surface area (Å²) in [6.07, 6.45) is 4.56. The van der Waals surface area contributed by atoms with Crippen LogP contribution in [0.1, 0.15) is 22.3 Å². The second-order valence-electron chi connectivity index (χ2n) is 6.08. The molecule has 126 valence electrons. The van der Waals surface area contributed by atoms with E-state index in [1.807, 2.05) is 36.5 Å². The Morgan fingerprint density at radius 1 is 1.04 bits per heavy atom. The monoisotopic (exact) mass is 338 g/mol. The molecule has 1 aliphatic rings. The maximum absolute atomic E-state index is 13.8. The van der Waals surface area contributed by atoms with Gasteiger partial charge in [-0.3, -0.25) is 4.79 Å². The van der Waals surface area contributed by atoms with Gasteiger partial charge in [0.25, 0.3) is 5.91 Å². The van der Waals surface area contributed by atoms with Crippen molar-refractivity contribution in [3.63, 3.8) is 0 Å². The first kappa shape index (κ1) is 15.6. The number of fused-ring (bicyclic) bond motifs is 1. The molecule has 5 heteroatoms. The van der Waals surface area contributed by atoms with Gasteiger partial charge in [-0.15, -0.1) is 0 Å². The van der Waals surface area contributed by atoms with Gasteiger partial charge in [0.05, 0.1) is 0 Å². The number of carbonyl (C=O) groups excluding carboxylic acids is 1. The normalized spacial score (nSPS) is 14.6. The van der Waals surface area contributed by atoms with Crippen molar-refractivity contribution in [2.75, 3.05) is 13.1 Å². The van der Waals surface area contributed by atoms with Gasteiger partial charge < -0.3 is 9.88 Å². The summed E-state index contributed by atoms with van der Waals surface area (Å²) in [5.74, 6) is -2.25. The molecule has 0 atom stereocenters. The Balaban J connectivity index is 1.59. The molecular formula is C20H16F2N2O. The summed E-state index contributed by atoms with van der Waals surface area (Å²) >= 11 is 0. The lowest BCUT2D eigenvalue weighted by Gasteiger charge is -2.27. The summed E-state index contributed by atoms with van der Waals surface area (Å²) in [6, 6.07) is 11.5. The molecule has 0 saturated carbocycles. The van der Waals surface area contributed by atoms with Gasteiger partial charge in [-0.2, -0.15) is 0 Å². The quantitative estimate of drug-likeness (QED) is 0.740. The maximum Gasteiger partial charge on any atom is 0.260 e. The predicted molar refractivity (Wildman–Crippen MR) is 93.2 cm³/mol. The topological polar surface area (TPSA) is 36.1 Å². The third-order valence-corrected chi connectivity index (χ3v) is 4.61. The molecule has 2 heterocycles. The van der Waals surface area contributed by atoms with Crippen LogP contribution in [0.25, 0.3) is 16.5 Å². The van der Waals surface area contributed by atoms with Gasteiger partial charge in [0.15, 0.2) is 0 Å². The standard InChI is InChI=1S/C20H16F2N2O/c21-16-5-3-6-17(22)19(16)20(25)24-10-8-13(9-11-24)15-12-23-18-7-2-1-4-14(15)18/h1-8,12,23H,9-11H2. The van der Waals surface area contributed by atoms with Crippen LogP contribution in [0, 0.1) is 11.6 Å². The van der Waals surface area contributed by atoms with Crippen LogP contribution < -0.4 is 0 Å². The second-order valence-corrected chi connectivity index (χ2v) is 6.08. The summed E-state index contributed by atoms with van der Waals surface area (Å²) in [5, 5.41) is 1.13. The first-order valence-electron chi connectivity index (χ1n) is 8.14. The minimum atomic E-state index is -0.823. The lowest BCUT2D eigenvalue weighted by Crippen LogP contribution is -2.35. The van der Waals surface area contributed by atoms with Crippen molar-refractivity contribution in [1.82, 2.24) is 9.88 Å². The molecular weight excluding hydrogens is 322 g/mol. The zero-order valence-electron chi connectivity index (χ0n) is 13.4. The van der Waals surface area contributed by atoms with Crippen molar-refractivity contribution in [3.8, 4) is 0 Å². The zero-order chi connectivity index (χ0) is 17.4. The Bertz CT molecular complexity index is 970. The smallest absolute Gasteiger partial charge is 0.260 e. The highest BCUT2D eigenvalue weighted by Gasteiger charge is 2.25. The highest BCUT2D eigenvalue weighted by atomic mass is 19.1. The van der Waals surface area contributed by atoms with Crippen LogP contribution in [-0.4, -0.2) is 28.9 Å². The van der Waals surface area contributed by atoms with Crippen LogP contribution >= 0.6 is 0 Å². The van der Waals surface area contributed by atoms with Crippen LogP contribution in [0.3, 0.4) is 0 Å². The van der Waals surface area contributed by atoms with Gasteiger partial charge in [0, 0.05) is 35.8 Å². The van der Waals surface area contributed by atoms with Gasteiger partial charge in [0.1, 0.15) is 17.2 Å². The molecule has 0 spiro atoms. The Kier molecular flexibility index (Phi) is 3.84. The van der Waals surface area contributed by atoms with E-state index in [2.05, 4.69) is 4.98 Å². The van der Waals surface area contributed by atoms with E-state index in [4.69, 9.17) is 0 Å². The van der Waals surface area contributed by atoms with Gasteiger partial charge in [0.2, 0.25) is 0 Å². The third-order valence-electron chi connectivity index (χ3n) is 4.61. The lowest BCUT2D eigenvalue weighted by atomic mass is 9.98. The van der Waals surface area contributed by atoms with Crippen LogP contribution in [0.15, 0.2) is 54.7 Å². The Labute approximate surface area is 143 Å². The number of nitrogens with zero attached hydrogens (tertiary/aromatic N) is 1. The molecule has 0 aliphatic carbocycles. The molecule has 3 aromatic rings. The lowest BCUT2D eigenvalue weighted by molar-refractivity contribution is 0.0763. The highest BCUT2D eigenvalue weighted by Crippen LogP contribution is 2.29. The number of aromatic amines is 1. The van der Waals surface area contributed by atoms with Crippen molar-refractivity contribution in [2.24, 2.45) is 0 Å². The van der Waals surface area contributed by atoms with Crippen molar-refractivity contribution in [2.45, 2.75) is 6.42 Å². The molecule has 1 amide bonds. The largest absolute Gasteiger partial charge is 0.361 e. The van der Waals surface area contributed by atoms with Crippen molar-refractivity contribution < 1.29 is 13.6 Å². The van der Waals surface area contributed by atoms with Crippen LogP contribution in [-0.2, 0) is 0 Å². The molecule has 3 nitrogen and oxygen atoms in total. The number of nitrogens with one attached hydrogen (secondary N) is 1. The molecule has 1 aromatic heterocycles. The Hall–Kier alpha value is -2.95. The molecule has 0 unspecified atom stereocenters. The van der Waals surface area contributed by atoms with Crippen molar-refractivity contribution in [3.05, 3.63) is 77.5 Å². The molecule has 4 rings (SSSR count). The van der Waals surface area contributed by atoms with E-state index in [1.54, 1.807) is 0 Å². The summed E-state index contributed by atoms with van der Waals surface area (Å²) in [6.45, 7) is 0.763. The van der Waals surface area contributed by atoms with Crippen molar-refractivity contribution in [1.29, 1.82) is 0 Å². The number of hydrogen-bond acceptors (Lipinski definition) is 1. The number of amides is 1. The Morgan fingerprint density at radius 2 is 1.80 bits per heavy atom. The number of halogens is 2. The number of H-pyrrole nitrogens is 1. The van der Waals surface area contributed by atoms with Gasteiger partial charge >= 0.3 is 0 Å². The van der Waals surface area contributed by atoms with E-state index >= 15 is 0 Å². The predicted octanol–water partition coefficient (Wildman–Crippen LogP) is 4.38. The average Bonchev–Trinajstić information content (AvgIpc) is 3.06. The van der Waals surface area contributed by atoms with E-state index in [9.17, 15) is 13.6 Å². The third kappa shape index (κ3) is 2.71. The minimum Gasteiger partial charge on any atom is -0.361 e. The molecule has 0 fully saturated rings. The summed E-state index contributed by atoms with van der Waals surface area (Å²) in [7, 11) is 0. The number of aromatic nitrogens is 1. The molecule has 1 aliphatic heterocycles. The number of hydrogen-bond donors (Lipinski definition) is 1. The van der Waals surface area contributed by atoms with Gasteiger partial charge in [-0.1, -0.05) is 30.3 Å². The number of para-hydroxylation sites is 1. The fraction of sp³-hybridized carbons (Fsp3) is 0.150. The van der Waals surface area contributed by atoms with Crippen LogP contribution in [0.4, 0.5) is 8.78 Å². The minimum absolute atomic E-state index is 0.335. The van der Waals surface area contributed by atoms with Gasteiger partial charge in [-0.05, 0) is 30.2 Å². The number of benzene rings is 2. The van der Waals surface area contributed by atoms with Crippen molar-refractivity contribution >= 4 is 22.4 Å². The molecule has 25 heavy (non-hydrogen) atoms. The molecule has 2 aromatic carbocycles. The van der Waals surface area contributed by atoms with E-state index in [1.165, 1.54) is 11.0 Å². The van der Waals surface area contributed by atoms with E-state index in [0.717, 1.165) is 34.2 Å². The molecule has 1 N–H and O–H groups in total.